The summed E-state index contributed by atoms with van der Waals surface area (Å²) in [6.07, 6.45) is 0. The van der Waals surface area contributed by atoms with Crippen LogP contribution >= 0.6 is 15.9 Å². The van der Waals surface area contributed by atoms with E-state index in [2.05, 4.69) is 31.4 Å². The van der Waals surface area contributed by atoms with Gasteiger partial charge in [0, 0.05) is 11.0 Å². The van der Waals surface area contributed by atoms with E-state index >= 15 is 0 Å². The molecule has 0 bridgehead atoms. The number of rotatable bonds is 6. The predicted octanol–water partition coefficient (Wildman–Crippen LogP) is 2.31. The van der Waals surface area contributed by atoms with E-state index in [4.69, 9.17) is 9.26 Å². The highest BCUT2D eigenvalue weighted by Gasteiger charge is 2.01. The molecule has 0 unspecified atom stereocenters. The van der Waals surface area contributed by atoms with Crippen molar-refractivity contribution in [1.29, 1.82) is 0 Å². The summed E-state index contributed by atoms with van der Waals surface area (Å²) >= 11 is 3.38. The lowest BCUT2D eigenvalue weighted by molar-refractivity contribution is 0.305. The number of benzene rings is 1. The van der Waals surface area contributed by atoms with Crippen molar-refractivity contribution in [2.45, 2.75) is 13.5 Å². The van der Waals surface area contributed by atoms with Crippen LogP contribution in [0.2, 0.25) is 0 Å². The smallest absolute Gasteiger partial charge is 0.240 e. The van der Waals surface area contributed by atoms with Crippen LogP contribution in [0.4, 0.5) is 0 Å². The Balaban J connectivity index is 1.63. The molecule has 6 heteroatoms. The number of ether oxygens (including phenoxy) is 1. The number of nitrogens with one attached hydrogen (secondary N) is 1. The number of hydrogen-bond acceptors (Lipinski definition) is 5. The second-order valence-electron chi connectivity index (χ2n) is 3.71. The fourth-order valence-electron chi connectivity index (χ4n) is 1.38. The second-order valence-corrected chi connectivity index (χ2v) is 4.63. The van der Waals surface area contributed by atoms with Crippen LogP contribution in [-0.2, 0) is 6.54 Å². The second kappa shape index (κ2) is 6.51. The topological polar surface area (TPSA) is 60.2 Å². The summed E-state index contributed by atoms with van der Waals surface area (Å²) in [5.41, 5.74) is 0. The van der Waals surface area contributed by atoms with Gasteiger partial charge in [-0.3, -0.25) is 0 Å². The summed E-state index contributed by atoms with van der Waals surface area (Å²) in [4.78, 5) is 4.09. The highest BCUT2D eigenvalue weighted by Crippen LogP contribution is 2.15. The highest BCUT2D eigenvalue weighted by molar-refractivity contribution is 9.10. The van der Waals surface area contributed by atoms with Crippen LogP contribution in [0.5, 0.6) is 5.75 Å². The maximum atomic E-state index is 5.55. The number of hydrogen-bond donors (Lipinski definition) is 1. The van der Waals surface area contributed by atoms with E-state index in [1.54, 1.807) is 6.92 Å². The molecule has 1 heterocycles. The first-order chi connectivity index (χ1) is 8.74. The van der Waals surface area contributed by atoms with Crippen molar-refractivity contribution < 1.29 is 9.26 Å². The van der Waals surface area contributed by atoms with Gasteiger partial charge < -0.3 is 14.6 Å². The van der Waals surface area contributed by atoms with Gasteiger partial charge in [-0.25, -0.2) is 0 Å². The Bertz CT molecular complexity index is 484. The van der Waals surface area contributed by atoms with E-state index in [0.29, 0.717) is 24.9 Å². The zero-order valence-corrected chi connectivity index (χ0v) is 11.6. The summed E-state index contributed by atoms with van der Waals surface area (Å²) in [5.74, 6) is 2.10. The van der Waals surface area contributed by atoms with E-state index in [0.717, 1.165) is 16.8 Å². The maximum Gasteiger partial charge on any atom is 0.240 e. The number of nitrogens with zero attached hydrogens (tertiary/aromatic N) is 2. The SMILES string of the molecule is Cc1noc(CNCCOc2ccc(Br)cc2)n1. The van der Waals surface area contributed by atoms with Crippen molar-refractivity contribution in [3.63, 3.8) is 0 Å². The van der Waals surface area contributed by atoms with Gasteiger partial charge in [-0.2, -0.15) is 4.98 Å². The molecule has 0 aliphatic heterocycles. The Labute approximate surface area is 114 Å². The van der Waals surface area contributed by atoms with Gasteiger partial charge in [-0.05, 0) is 31.2 Å². The fourth-order valence-corrected chi connectivity index (χ4v) is 1.64. The normalized spacial score (nSPS) is 10.6. The van der Waals surface area contributed by atoms with Crippen molar-refractivity contribution in [2.24, 2.45) is 0 Å². The van der Waals surface area contributed by atoms with Gasteiger partial charge in [-0.15, -0.1) is 0 Å². The molecule has 1 N–H and O–H groups in total. The molecular weight excluding hydrogens is 298 g/mol. The lowest BCUT2D eigenvalue weighted by Gasteiger charge is -2.06. The maximum absolute atomic E-state index is 5.55. The molecule has 96 valence electrons. The highest BCUT2D eigenvalue weighted by atomic mass is 79.9. The Hall–Kier alpha value is -1.40. The van der Waals surface area contributed by atoms with Crippen LogP contribution in [-0.4, -0.2) is 23.3 Å². The largest absolute Gasteiger partial charge is 0.492 e. The zero-order chi connectivity index (χ0) is 12.8. The Kier molecular flexibility index (Phi) is 4.72. The molecular formula is C12H14BrN3O2. The van der Waals surface area contributed by atoms with Gasteiger partial charge in [0.1, 0.15) is 12.4 Å². The van der Waals surface area contributed by atoms with Crippen molar-refractivity contribution in [2.75, 3.05) is 13.2 Å². The first kappa shape index (κ1) is 13.0. The molecule has 1 aromatic carbocycles. The first-order valence-electron chi connectivity index (χ1n) is 5.62. The standard InChI is InChI=1S/C12H14BrN3O2/c1-9-15-12(18-16-9)8-14-6-7-17-11-4-2-10(13)3-5-11/h2-5,14H,6-8H2,1H3. The summed E-state index contributed by atoms with van der Waals surface area (Å²) in [7, 11) is 0. The average Bonchev–Trinajstić information content (AvgIpc) is 2.77. The summed E-state index contributed by atoms with van der Waals surface area (Å²) in [6.45, 7) is 3.67. The van der Waals surface area contributed by atoms with Gasteiger partial charge >= 0.3 is 0 Å². The lowest BCUT2D eigenvalue weighted by Crippen LogP contribution is -2.20. The van der Waals surface area contributed by atoms with Crippen LogP contribution in [0.25, 0.3) is 0 Å². The van der Waals surface area contributed by atoms with E-state index < -0.39 is 0 Å². The van der Waals surface area contributed by atoms with Crippen molar-refractivity contribution >= 4 is 15.9 Å². The molecule has 18 heavy (non-hydrogen) atoms. The molecule has 0 radical (unpaired) electrons. The van der Waals surface area contributed by atoms with Crippen LogP contribution in [0.3, 0.4) is 0 Å². The number of aryl methyl sites for hydroxylation is 1. The Morgan fingerprint density at radius 2 is 2.11 bits per heavy atom. The predicted molar refractivity (Wildman–Crippen MR) is 70.4 cm³/mol. The quantitative estimate of drug-likeness (QED) is 0.830. The van der Waals surface area contributed by atoms with Crippen LogP contribution in [0.1, 0.15) is 11.7 Å². The van der Waals surface area contributed by atoms with E-state index in [-0.39, 0.29) is 0 Å². The number of aromatic nitrogens is 2. The monoisotopic (exact) mass is 311 g/mol. The first-order valence-corrected chi connectivity index (χ1v) is 6.41. The average molecular weight is 312 g/mol. The Morgan fingerprint density at radius 3 is 2.78 bits per heavy atom. The third-order valence-corrected chi connectivity index (χ3v) is 2.74. The molecule has 0 amide bonds. The molecule has 0 aliphatic carbocycles. The molecule has 0 spiro atoms. The molecule has 0 saturated carbocycles. The number of halogens is 1. The molecule has 0 fully saturated rings. The zero-order valence-electron chi connectivity index (χ0n) is 10.0. The molecule has 0 aliphatic rings. The summed E-state index contributed by atoms with van der Waals surface area (Å²) < 4.78 is 11.6. The van der Waals surface area contributed by atoms with Crippen molar-refractivity contribution in [1.82, 2.24) is 15.5 Å². The minimum Gasteiger partial charge on any atom is -0.492 e. The van der Waals surface area contributed by atoms with E-state index in [9.17, 15) is 0 Å². The van der Waals surface area contributed by atoms with Crippen LogP contribution in [0.15, 0.2) is 33.3 Å². The van der Waals surface area contributed by atoms with E-state index in [1.165, 1.54) is 0 Å². The van der Waals surface area contributed by atoms with Gasteiger partial charge in [0.25, 0.3) is 0 Å². The molecule has 0 atom stereocenters. The molecule has 0 saturated heterocycles. The molecule has 2 rings (SSSR count). The van der Waals surface area contributed by atoms with Crippen LogP contribution in [0, 0.1) is 6.92 Å². The lowest BCUT2D eigenvalue weighted by atomic mass is 10.3. The molecule has 1 aromatic heterocycles. The minimum absolute atomic E-state index is 0.560. The third kappa shape index (κ3) is 4.12. The van der Waals surface area contributed by atoms with Crippen molar-refractivity contribution in [3.05, 3.63) is 40.5 Å². The van der Waals surface area contributed by atoms with Gasteiger partial charge in [0.05, 0.1) is 6.54 Å². The summed E-state index contributed by atoms with van der Waals surface area (Å²) in [6, 6.07) is 7.74. The van der Waals surface area contributed by atoms with Crippen molar-refractivity contribution in [3.8, 4) is 5.75 Å². The third-order valence-electron chi connectivity index (χ3n) is 2.21. The van der Waals surface area contributed by atoms with Gasteiger partial charge in [-0.1, -0.05) is 21.1 Å². The molecule has 5 nitrogen and oxygen atoms in total. The fraction of sp³-hybridized carbons (Fsp3) is 0.333. The molecule has 2 aromatic rings. The van der Waals surface area contributed by atoms with Gasteiger partial charge in [0.15, 0.2) is 5.82 Å². The van der Waals surface area contributed by atoms with E-state index in [1.807, 2.05) is 24.3 Å². The van der Waals surface area contributed by atoms with Crippen LogP contribution < -0.4 is 10.1 Å². The van der Waals surface area contributed by atoms with Gasteiger partial charge in [0.2, 0.25) is 5.89 Å². The summed E-state index contributed by atoms with van der Waals surface area (Å²) in [5, 5.41) is 6.88. The Morgan fingerprint density at radius 1 is 1.33 bits per heavy atom. The minimum atomic E-state index is 0.560.